The van der Waals surface area contributed by atoms with Gasteiger partial charge in [-0.2, -0.15) is 18.4 Å². The number of aliphatic hydroxyl groups is 1. The molecule has 0 radical (unpaired) electrons. The van der Waals surface area contributed by atoms with Crippen LogP contribution in [0.4, 0.5) is 24.5 Å². The van der Waals surface area contributed by atoms with Gasteiger partial charge in [0.2, 0.25) is 0 Å². The van der Waals surface area contributed by atoms with Crippen LogP contribution in [0.3, 0.4) is 0 Å². The number of aliphatic hydroxyl groups excluding tert-OH is 1. The van der Waals surface area contributed by atoms with Crippen molar-refractivity contribution in [3.63, 3.8) is 0 Å². The van der Waals surface area contributed by atoms with Gasteiger partial charge in [0, 0.05) is 19.2 Å². The number of nitriles is 1. The molecule has 0 bridgehead atoms. The van der Waals surface area contributed by atoms with Gasteiger partial charge < -0.3 is 5.11 Å². The molecule has 3 N–H and O–H groups in total. The lowest BCUT2D eigenvalue weighted by Crippen LogP contribution is -2.31. The summed E-state index contributed by atoms with van der Waals surface area (Å²) in [4.78, 5) is 4.18. The summed E-state index contributed by atoms with van der Waals surface area (Å²) in [6.07, 6.45) is -4.14. The van der Waals surface area contributed by atoms with Crippen molar-refractivity contribution >= 4 is 11.4 Å². The minimum Gasteiger partial charge on any atom is -0.396 e. The van der Waals surface area contributed by atoms with Crippen LogP contribution < -0.4 is 16.0 Å². The first-order chi connectivity index (χ1) is 12.3. The Morgan fingerprint density at radius 3 is 2.73 bits per heavy atom. The van der Waals surface area contributed by atoms with E-state index in [2.05, 4.69) is 15.9 Å². The quantitative estimate of drug-likeness (QED) is 0.775. The molecule has 0 saturated carbocycles. The standard InChI is InChI=1S/C17H16F3N5O/c1-25-15-8-13(22-14(9-21)16(15)23-24-25)11-5-4-10(3-2-6-26)12(7-11)17(18,19)20/h4-5,7-8,23-24,26H,2-3,6H2,1H3. The van der Waals surface area contributed by atoms with Gasteiger partial charge in [-0.25, -0.2) is 4.98 Å². The Balaban J connectivity index is 2.10. The third-order valence-electron chi connectivity index (χ3n) is 4.13. The van der Waals surface area contributed by atoms with Gasteiger partial charge in [0.1, 0.15) is 11.8 Å². The van der Waals surface area contributed by atoms with E-state index in [1.54, 1.807) is 24.2 Å². The second-order valence-electron chi connectivity index (χ2n) is 5.85. The third kappa shape index (κ3) is 3.29. The molecule has 3 rings (SSSR count). The molecule has 136 valence electrons. The van der Waals surface area contributed by atoms with Gasteiger partial charge in [0.15, 0.2) is 5.69 Å². The fourth-order valence-corrected chi connectivity index (χ4v) is 2.84. The van der Waals surface area contributed by atoms with Crippen molar-refractivity contribution in [1.29, 1.82) is 5.26 Å². The lowest BCUT2D eigenvalue weighted by Gasteiger charge is -2.15. The predicted molar refractivity (Wildman–Crippen MR) is 90.0 cm³/mol. The number of benzene rings is 1. The van der Waals surface area contributed by atoms with E-state index in [-0.39, 0.29) is 42.0 Å². The smallest absolute Gasteiger partial charge is 0.396 e. The maximum atomic E-state index is 13.4. The number of halogens is 3. The van der Waals surface area contributed by atoms with Gasteiger partial charge in [0.25, 0.3) is 0 Å². The second kappa shape index (κ2) is 6.82. The lowest BCUT2D eigenvalue weighted by molar-refractivity contribution is -0.138. The maximum absolute atomic E-state index is 13.4. The summed E-state index contributed by atoms with van der Waals surface area (Å²) in [7, 11) is 1.71. The zero-order valence-corrected chi connectivity index (χ0v) is 13.9. The van der Waals surface area contributed by atoms with Crippen LogP contribution in [-0.2, 0) is 12.6 Å². The highest BCUT2D eigenvalue weighted by Gasteiger charge is 2.33. The van der Waals surface area contributed by atoms with Crippen molar-refractivity contribution in [3.8, 4) is 17.3 Å². The Morgan fingerprint density at radius 2 is 2.08 bits per heavy atom. The van der Waals surface area contributed by atoms with E-state index in [1.165, 1.54) is 6.07 Å². The summed E-state index contributed by atoms with van der Waals surface area (Å²) in [5.74, 6) is 0. The fraction of sp³-hybridized carbons (Fsp3) is 0.294. The second-order valence-corrected chi connectivity index (χ2v) is 5.85. The number of hydrogen-bond donors (Lipinski definition) is 3. The summed E-state index contributed by atoms with van der Waals surface area (Å²) in [5.41, 5.74) is 6.69. The highest BCUT2D eigenvalue weighted by molar-refractivity contribution is 5.81. The van der Waals surface area contributed by atoms with Gasteiger partial charge in [-0.05, 0) is 30.5 Å². The van der Waals surface area contributed by atoms with E-state index >= 15 is 0 Å². The normalized spacial score (nSPS) is 13.3. The number of hydrazine groups is 2. The van der Waals surface area contributed by atoms with Gasteiger partial charge in [-0.15, -0.1) is 5.53 Å². The molecular formula is C17H16F3N5O. The monoisotopic (exact) mass is 363 g/mol. The van der Waals surface area contributed by atoms with E-state index in [0.29, 0.717) is 11.4 Å². The van der Waals surface area contributed by atoms with Gasteiger partial charge >= 0.3 is 6.18 Å². The summed E-state index contributed by atoms with van der Waals surface area (Å²) in [5, 5.41) is 19.8. The van der Waals surface area contributed by atoms with Crippen LogP contribution in [0.25, 0.3) is 11.3 Å². The molecule has 9 heteroatoms. The molecular weight excluding hydrogens is 347 g/mol. The molecule has 6 nitrogen and oxygen atoms in total. The number of alkyl halides is 3. The number of anilines is 2. The van der Waals surface area contributed by atoms with Crippen LogP contribution >= 0.6 is 0 Å². The fourth-order valence-electron chi connectivity index (χ4n) is 2.84. The molecule has 0 amide bonds. The molecule has 0 fully saturated rings. The van der Waals surface area contributed by atoms with Gasteiger partial charge in [0.05, 0.1) is 16.9 Å². The first kappa shape index (κ1) is 18.0. The molecule has 0 saturated heterocycles. The average molecular weight is 363 g/mol. The molecule has 2 heterocycles. The van der Waals surface area contributed by atoms with Crippen LogP contribution in [0.1, 0.15) is 23.2 Å². The first-order valence-corrected chi connectivity index (χ1v) is 7.87. The Bertz CT molecular complexity index is 876. The number of aryl methyl sites for hydroxylation is 1. The maximum Gasteiger partial charge on any atom is 0.416 e. The summed E-state index contributed by atoms with van der Waals surface area (Å²) < 4.78 is 40.3. The van der Waals surface area contributed by atoms with Crippen molar-refractivity contribution in [2.75, 3.05) is 24.1 Å². The van der Waals surface area contributed by atoms with Crippen LogP contribution in [-0.4, -0.2) is 23.7 Å². The molecule has 2 aromatic rings. The molecule has 0 spiro atoms. The molecule has 26 heavy (non-hydrogen) atoms. The van der Waals surface area contributed by atoms with Crippen LogP contribution in [0.2, 0.25) is 0 Å². The number of nitrogens with zero attached hydrogens (tertiary/aromatic N) is 3. The highest BCUT2D eigenvalue weighted by Crippen LogP contribution is 2.38. The Morgan fingerprint density at radius 1 is 1.31 bits per heavy atom. The number of fused-ring (bicyclic) bond motifs is 1. The molecule has 1 aliphatic heterocycles. The molecule has 1 aromatic carbocycles. The van der Waals surface area contributed by atoms with Gasteiger partial charge in [-0.3, -0.25) is 10.4 Å². The van der Waals surface area contributed by atoms with Crippen LogP contribution in [0.15, 0.2) is 24.3 Å². The van der Waals surface area contributed by atoms with E-state index in [0.717, 1.165) is 6.07 Å². The summed E-state index contributed by atoms with van der Waals surface area (Å²) in [6.45, 7) is -0.177. The minimum atomic E-state index is -4.52. The van der Waals surface area contributed by atoms with Crippen molar-refractivity contribution in [2.45, 2.75) is 19.0 Å². The first-order valence-electron chi connectivity index (χ1n) is 7.87. The number of nitrogens with one attached hydrogen (secondary N) is 2. The average Bonchev–Trinajstić information content (AvgIpc) is 2.99. The number of pyridine rings is 1. The van der Waals surface area contributed by atoms with Crippen molar-refractivity contribution in [3.05, 3.63) is 41.1 Å². The van der Waals surface area contributed by atoms with Crippen molar-refractivity contribution < 1.29 is 18.3 Å². The molecule has 0 unspecified atom stereocenters. The summed E-state index contributed by atoms with van der Waals surface area (Å²) in [6, 6.07) is 7.56. The largest absolute Gasteiger partial charge is 0.416 e. The summed E-state index contributed by atoms with van der Waals surface area (Å²) >= 11 is 0. The Kier molecular flexibility index (Phi) is 4.71. The van der Waals surface area contributed by atoms with Gasteiger partial charge in [-0.1, -0.05) is 12.1 Å². The van der Waals surface area contributed by atoms with Crippen LogP contribution in [0, 0.1) is 11.3 Å². The Labute approximate surface area is 147 Å². The Hall–Kier alpha value is -2.83. The number of hydrogen-bond acceptors (Lipinski definition) is 6. The lowest BCUT2D eigenvalue weighted by atomic mass is 9.98. The highest BCUT2D eigenvalue weighted by atomic mass is 19.4. The molecule has 1 aromatic heterocycles. The van der Waals surface area contributed by atoms with Crippen LogP contribution in [0.5, 0.6) is 0 Å². The minimum absolute atomic E-state index is 0.0901. The SMILES string of the molecule is CN1NNc2c1cc(-c1ccc(CCCO)c(C(F)(F)F)c1)nc2C#N. The zero-order chi connectivity index (χ0) is 18.9. The number of aromatic nitrogens is 1. The molecule has 1 aliphatic rings. The zero-order valence-electron chi connectivity index (χ0n) is 13.9. The molecule has 0 aliphatic carbocycles. The topological polar surface area (TPSA) is 84.2 Å². The number of rotatable bonds is 4. The van der Waals surface area contributed by atoms with E-state index in [1.807, 2.05) is 6.07 Å². The van der Waals surface area contributed by atoms with Crippen molar-refractivity contribution in [1.82, 2.24) is 10.5 Å². The molecule has 0 atom stereocenters. The predicted octanol–water partition coefficient (Wildman–Crippen LogP) is 2.85. The van der Waals surface area contributed by atoms with Crippen molar-refractivity contribution in [2.24, 2.45) is 0 Å². The third-order valence-corrected chi connectivity index (χ3v) is 4.13. The van der Waals surface area contributed by atoms with E-state index < -0.39 is 11.7 Å². The van der Waals surface area contributed by atoms with E-state index in [4.69, 9.17) is 5.11 Å². The van der Waals surface area contributed by atoms with E-state index in [9.17, 15) is 18.4 Å².